The van der Waals surface area contributed by atoms with Crippen LogP contribution in [0.25, 0.3) is 22.6 Å². The third kappa shape index (κ3) is 5.25. The molecule has 0 aliphatic carbocycles. The number of aromatic amines is 1. The number of hydrogen-bond donors (Lipinski definition) is 1. The number of tetrazole rings is 1. The third-order valence-corrected chi connectivity index (χ3v) is 5.45. The summed E-state index contributed by atoms with van der Waals surface area (Å²) < 4.78 is 2.05. The predicted molar refractivity (Wildman–Crippen MR) is 124 cm³/mol. The van der Waals surface area contributed by atoms with Crippen molar-refractivity contribution in [2.75, 3.05) is 0 Å². The SMILES string of the molecule is CCCCc1nc(CCC(C)C)nn1Cc1ccc(-c2ccccc2-c2nnn[nH]2)nc1. The van der Waals surface area contributed by atoms with E-state index in [2.05, 4.69) is 52.1 Å². The van der Waals surface area contributed by atoms with Gasteiger partial charge in [0.1, 0.15) is 5.82 Å². The summed E-state index contributed by atoms with van der Waals surface area (Å²) in [5, 5.41) is 19.1. The van der Waals surface area contributed by atoms with E-state index in [1.54, 1.807) is 0 Å². The molecule has 3 aromatic heterocycles. The van der Waals surface area contributed by atoms with E-state index in [-0.39, 0.29) is 0 Å². The molecule has 0 unspecified atom stereocenters. The van der Waals surface area contributed by atoms with Crippen molar-refractivity contribution < 1.29 is 0 Å². The average molecular weight is 431 g/mol. The molecule has 0 spiro atoms. The zero-order chi connectivity index (χ0) is 22.3. The van der Waals surface area contributed by atoms with Gasteiger partial charge in [0.05, 0.1) is 12.2 Å². The first-order valence-electron chi connectivity index (χ1n) is 11.3. The molecule has 0 bridgehead atoms. The smallest absolute Gasteiger partial charge is 0.180 e. The first-order chi connectivity index (χ1) is 15.6. The minimum Gasteiger partial charge on any atom is -0.256 e. The number of hydrogen-bond acceptors (Lipinski definition) is 6. The second-order valence-electron chi connectivity index (χ2n) is 8.49. The average Bonchev–Trinajstić information content (AvgIpc) is 3.47. The maximum Gasteiger partial charge on any atom is 0.180 e. The van der Waals surface area contributed by atoms with E-state index >= 15 is 0 Å². The molecule has 1 N–H and O–H groups in total. The molecule has 4 rings (SSSR count). The molecule has 166 valence electrons. The molecule has 0 aliphatic rings. The summed E-state index contributed by atoms with van der Waals surface area (Å²) in [6.45, 7) is 7.35. The van der Waals surface area contributed by atoms with Crippen LogP contribution < -0.4 is 0 Å². The van der Waals surface area contributed by atoms with E-state index < -0.39 is 0 Å². The summed E-state index contributed by atoms with van der Waals surface area (Å²) in [5.41, 5.74) is 3.89. The minimum atomic E-state index is 0.628. The number of pyridine rings is 1. The molecule has 1 aromatic carbocycles. The maximum absolute atomic E-state index is 4.83. The lowest BCUT2D eigenvalue weighted by atomic mass is 10.0. The second kappa shape index (κ2) is 10.3. The molecule has 3 heterocycles. The fourth-order valence-electron chi connectivity index (χ4n) is 3.63. The van der Waals surface area contributed by atoms with Crippen LogP contribution in [-0.2, 0) is 19.4 Å². The standard InChI is InChI=1S/C24H30N8/c1-4-5-10-23-26-22(14-11-17(2)3)29-32(23)16-18-12-13-21(25-15-18)19-8-6-7-9-20(19)24-27-30-31-28-24/h6-9,12-13,15,17H,4-5,10-11,14,16H2,1-3H3,(H,27,28,30,31). The van der Waals surface area contributed by atoms with Gasteiger partial charge in [-0.1, -0.05) is 57.5 Å². The zero-order valence-corrected chi connectivity index (χ0v) is 19.0. The van der Waals surface area contributed by atoms with E-state index in [9.17, 15) is 0 Å². The topological polar surface area (TPSA) is 98.1 Å². The van der Waals surface area contributed by atoms with Gasteiger partial charge in [-0.15, -0.1) is 5.10 Å². The van der Waals surface area contributed by atoms with E-state index in [1.165, 1.54) is 0 Å². The molecule has 8 heteroatoms. The number of H-pyrrole nitrogens is 1. The number of nitrogens with zero attached hydrogens (tertiary/aromatic N) is 7. The summed E-state index contributed by atoms with van der Waals surface area (Å²) in [4.78, 5) is 9.56. The van der Waals surface area contributed by atoms with Crippen LogP contribution in [0.3, 0.4) is 0 Å². The highest BCUT2D eigenvalue weighted by Gasteiger charge is 2.13. The predicted octanol–water partition coefficient (Wildman–Crippen LogP) is 4.50. The van der Waals surface area contributed by atoms with Crippen molar-refractivity contribution >= 4 is 0 Å². The lowest BCUT2D eigenvalue weighted by molar-refractivity contribution is 0.567. The highest BCUT2D eigenvalue weighted by molar-refractivity contribution is 5.78. The van der Waals surface area contributed by atoms with Gasteiger partial charge in [0, 0.05) is 30.2 Å². The van der Waals surface area contributed by atoms with Gasteiger partial charge in [-0.2, -0.15) is 5.10 Å². The Balaban J connectivity index is 1.54. The van der Waals surface area contributed by atoms with Crippen LogP contribution in [0.15, 0.2) is 42.6 Å². The maximum atomic E-state index is 4.83. The zero-order valence-electron chi connectivity index (χ0n) is 19.0. The van der Waals surface area contributed by atoms with Gasteiger partial charge in [-0.25, -0.2) is 14.8 Å². The van der Waals surface area contributed by atoms with Crippen LogP contribution in [0.1, 0.15) is 57.2 Å². The molecule has 8 nitrogen and oxygen atoms in total. The summed E-state index contributed by atoms with van der Waals surface area (Å²) >= 11 is 0. The lowest BCUT2D eigenvalue weighted by Gasteiger charge is -2.09. The van der Waals surface area contributed by atoms with Gasteiger partial charge in [0.2, 0.25) is 0 Å². The highest BCUT2D eigenvalue weighted by Crippen LogP contribution is 2.28. The first-order valence-corrected chi connectivity index (χ1v) is 11.3. The number of benzene rings is 1. The molecule has 0 radical (unpaired) electrons. The Labute approximate surface area is 188 Å². The summed E-state index contributed by atoms with van der Waals surface area (Å²) in [6, 6.07) is 12.1. The normalized spacial score (nSPS) is 11.4. The largest absolute Gasteiger partial charge is 0.256 e. The van der Waals surface area contributed by atoms with Crippen LogP contribution >= 0.6 is 0 Å². The van der Waals surface area contributed by atoms with Crippen LogP contribution in [-0.4, -0.2) is 40.4 Å². The van der Waals surface area contributed by atoms with Gasteiger partial charge in [-0.3, -0.25) is 4.98 Å². The Bertz CT molecular complexity index is 1110. The van der Waals surface area contributed by atoms with Crippen molar-refractivity contribution in [2.24, 2.45) is 5.92 Å². The van der Waals surface area contributed by atoms with Gasteiger partial charge in [0.15, 0.2) is 11.6 Å². The molecular formula is C24H30N8. The van der Waals surface area contributed by atoms with Crippen molar-refractivity contribution in [3.63, 3.8) is 0 Å². The van der Waals surface area contributed by atoms with E-state index in [0.717, 1.165) is 66.1 Å². The molecule has 0 saturated heterocycles. The second-order valence-corrected chi connectivity index (χ2v) is 8.49. The Morgan fingerprint density at radius 1 is 1.03 bits per heavy atom. The molecular weight excluding hydrogens is 400 g/mol. The molecule has 0 saturated carbocycles. The van der Waals surface area contributed by atoms with Gasteiger partial charge >= 0.3 is 0 Å². The highest BCUT2D eigenvalue weighted by atomic mass is 15.5. The van der Waals surface area contributed by atoms with Crippen LogP contribution in [0, 0.1) is 5.92 Å². The van der Waals surface area contributed by atoms with Crippen LogP contribution in [0.4, 0.5) is 0 Å². The Kier molecular flexibility index (Phi) is 6.99. The quantitative estimate of drug-likeness (QED) is 0.398. The van der Waals surface area contributed by atoms with Gasteiger partial charge in [-0.05, 0) is 40.8 Å². The summed E-state index contributed by atoms with van der Waals surface area (Å²) in [6.07, 6.45) is 7.16. The van der Waals surface area contributed by atoms with E-state index in [0.29, 0.717) is 18.3 Å². The van der Waals surface area contributed by atoms with Crippen molar-refractivity contribution in [1.82, 2.24) is 40.4 Å². The van der Waals surface area contributed by atoms with E-state index in [4.69, 9.17) is 15.1 Å². The monoisotopic (exact) mass is 430 g/mol. The Morgan fingerprint density at radius 3 is 2.56 bits per heavy atom. The number of aromatic nitrogens is 8. The summed E-state index contributed by atoms with van der Waals surface area (Å²) in [5.74, 6) is 3.29. The molecule has 0 aliphatic heterocycles. The Morgan fingerprint density at radius 2 is 1.88 bits per heavy atom. The lowest BCUT2D eigenvalue weighted by Crippen LogP contribution is -2.08. The van der Waals surface area contributed by atoms with Gasteiger partial charge in [0.25, 0.3) is 0 Å². The minimum absolute atomic E-state index is 0.628. The molecule has 32 heavy (non-hydrogen) atoms. The molecule has 4 aromatic rings. The van der Waals surface area contributed by atoms with Gasteiger partial charge < -0.3 is 0 Å². The molecule has 0 amide bonds. The van der Waals surface area contributed by atoms with Crippen molar-refractivity contribution in [3.8, 4) is 22.6 Å². The number of unbranched alkanes of at least 4 members (excludes halogenated alkanes) is 1. The third-order valence-electron chi connectivity index (χ3n) is 5.45. The van der Waals surface area contributed by atoms with Crippen molar-refractivity contribution in [3.05, 3.63) is 59.8 Å². The number of nitrogens with one attached hydrogen (secondary N) is 1. The fraction of sp³-hybridized carbons (Fsp3) is 0.417. The van der Waals surface area contributed by atoms with E-state index in [1.807, 2.05) is 36.5 Å². The fourth-order valence-corrected chi connectivity index (χ4v) is 3.63. The molecule has 0 fully saturated rings. The number of rotatable bonds is 10. The molecule has 0 atom stereocenters. The van der Waals surface area contributed by atoms with Crippen LogP contribution in [0.2, 0.25) is 0 Å². The van der Waals surface area contributed by atoms with Crippen LogP contribution in [0.5, 0.6) is 0 Å². The Hall–Kier alpha value is -3.42. The summed E-state index contributed by atoms with van der Waals surface area (Å²) in [7, 11) is 0. The first kappa shape index (κ1) is 21.8. The van der Waals surface area contributed by atoms with Crippen molar-refractivity contribution in [2.45, 2.75) is 59.4 Å². The van der Waals surface area contributed by atoms with Crippen molar-refractivity contribution in [1.29, 1.82) is 0 Å². The number of aryl methyl sites for hydroxylation is 2.